The van der Waals surface area contributed by atoms with Gasteiger partial charge in [-0.2, -0.15) is 0 Å². The van der Waals surface area contributed by atoms with Gasteiger partial charge in [0.25, 0.3) is 0 Å². The second-order valence-electron chi connectivity index (χ2n) is 9.24. The van der Waals surface area contributed by atoms with Crippen molar-refractivity contribution in [3.63, 3.8) is 0 Å². The molecule has 0 radical (unpaired) electrons. The van der Waals surface area contributed by atoms with Crippen LogP contribution in [0.2, 0.25) is 0 Å². The van der Waals surface area contributed by atoms with Crippen LogP contribution in [0.4, 0.5) is 4.39 Å². The first-order valence-electron chi connectivity index (χ1n) is 11.0. The Hall–Kier alpha value is -2.77. The van der Waals surface area contributed by atoms with Crippen LogP contribution < -0.4 is 0 Å². The largest absolute Gasteiger partial charge is 0.347 e. The molecule has 0 aliphatic carbocycles. The minimum atomic E-state index is -0.141. The molecular weight excluding hydrogens is 405 g/mol. The predicted molar refractivity (Wildman–Crippen MR) is 125 cm³/mol. The molecule has 1 amide bonds. The number of nitrogens with zero attached hydrogens (tertiary/aromatic N) is 5. The summed E-state index contributed by atoms with van der Waals surface area (Å²) in [5.41, 5.74) is 3.79. The summed E-state index contributed by atoms with van der Waals surface area (Å²) in [4.78, 5) is 23.2. The molecule has 2 atom stereocenters. The van der Waals surface area contributed by atoms with Gasteiger partial charge < -0.3 is 14.4 Å². The molecule has 0 bridgehead atoms. The highest BCUT2D eigenvalue weighted by molar-refractivity contribution is 5.84. The summed E-state index contributed by atoms with van der Waals surface area (Å²) in [5.74, 6) is 0.128. The molecule has 32 heavy (non-hydrogen) atoms. The number of fused-ring (bicyclic) bond motifs is 1. The summed E-state index contributed by atoms with van der Waals surface area (Å²) in [6.07, 6.45) is 3.87. The first kappa shape index (κ1) is 22.4. The number of hydrogen-bond acceptors (Lipinski definition) is 4. The number of pyridine rings is 1. The van der Waals surface area contributed by atoms with E-state index in [0.29, 0.717) is 6.54 Å². The van der Waals surface area contributed by atoms with Crippen LogP contribution in [0, 0.1) is 12.7 Å². The molecule has 6 nitrogen and oxygen atoms in total. The molecule has 0 spiro atoms. The molecule has 170 valence electrons. The topological polar surface area (TPSA) is 44.6 Å². The van der Waals surface area contributed by atoms with Crippen molar-refractivity contribution in [3.05, 3.63) is 65.2 Å². The third kappa shape index (κ3) is 4.27. The number of halogens is 1. The molecule has 4 rings (SSSR count). The van der Waals surface area contributed by atoms with Crippen molar-refractivity contribution in [2.75, 3.05) is 41.3 Å². The molecule has 2 aromatic heterocycles. The van der Waals surface area contributed by atoms with E-state index in [1.165, 1.54) is 5.56 Å². The summed E-state index contributed by atoms with van der Waals surface area (Å²) >= 11 is 0. The van der Waals surface area contributed by atoms with Crippen LogP contribution in [0.25, 0.3) is 11.0 Å². The minimum absolute atomic E-state index is 0.0336. The smallest absolute Gasteiger partial charge is 0.242 e. The van der Waals surface area contributed by atoms with Crippen LogP contribution in [0.3, 0.4) is 0 Å². The molecule has 1 aromatic carbocycles. The van der Waals surface area contributed by atoms with Gasteiger partial charge in [-0.25, -0.2) is 9.37 Å². The Morgan fingerprint density at radius 1 is 1.16 bits per heavy atom. The van der Waals surface area contributed by atoms with Crippen molar-refractivity contribution in [2.45, 2.75) is 32.0 Å². The van der Waals surface area contributed by atoms with E-state index in [-0.39, 0.29) is 30.2 Å². The molecule has 1 fully saturated rings. The molecule has 0 N–H and O–H groups in total. The molecule has 3 aromatic rings. The van der Waals surface area contributed by atoms with Gasteiger partial charge >= 0.3 is 0 Å². The molecule has 1 aliphatic heterocycles. The number of carbonyl (C=O) groups excluding carboxylic acids is 1. The van der Waals surface area contributed by atoms with Crippen molar-refractivity contribution in [3.8, 4) is 0 Å². The van der Waals surface area contributed by atoms with Gasteiger partial charge in [-0.1, -0.05) is 12.1 Å². The standard InChI is InChI=1S/C25H32FN5O/c1-17-8-6-10-22(26)19(17)12-30-13-21(23(15-30)28(2)3)20-14-31(16-24(32)29(4)5)25-18(20)9-7-11-27-25/h6-11,14,21,23H,12-13,15-16H2,1-5H3/t21-,23+/m1/s1. The number of benzene rings is 1. The quantitative estimate of drug-likeness (QED) is 0.595. The molecule has 1 saturated heterocycles. The van der Waals surface area contributed by atoms with Crippen LogP contribution >= 0.6 is 0 Å². The lowest BCUT2D eigenvalue weighted by Gasteiger charge is -2.25. The molecule has 1 aliphatic rings. The average Bonchev–Trinajstić information content (AvgIpc) is 3.33. The summed E-state index contributed by atoms with van der Waals surface area (Å²) in [6, 6.07) is 9.59. The Morgan fingerprint density at radius 2 is 1.94 bits per heavy atom. The molecule has 0 unspecified atom stereocenters. The zero-order chi connectivity index (χ0) is 23.0. The van der Waals surface area contributed by atoms with E-state index in [1.54, 1.807) is 37.3 Å². The van der Waals surface area contributed by atoms with Crippen LogP contribution in [-0.2, 0) is 17.9 Å². The van der Waals surface area contributed by atoms with Gasteiger partial charge in [0.1, 0.15) is 18.0 Å². The second kappa shape index (κ2) is 9.00. The number of amides is 1. The number of likely N-dealkylation sites (N-methyl/N-ethyl adjacent to an activating group) is 2. The Kier molecular flexibility index (Phi) is 6.31. The maximum atomic E-state index is 14.5. The van der Waals surface area contributed by atoms with Crippen LogP contribution in [0.5, 0.6) is 0 Å². The van der Waals surface area contributed by atoms with Crippen molar-refractivity contribution in [2.24, 2.45) is 0 Å². The summed E-state index contributed by atoms with van der Waals surface area (Å²) in [5, 5.41) is 1.08. The van der Waals surface area contributed by atoms with Gasteiger partial charge in [0, 0.05) is 69.0 Å². The van der Waals surface area contributed by atoms with Crippen LogP contribution in [0.1, 0.15) is 22.6 Å². The first-order valence-corrected chi connectivity index (χ1v) is 11.0. The SMILES string of the molecule is Cc1cccc(F)c1CN1C[C@H](c2cn(CC(=O)N(C)C)c3ncccc23)[C@@H](N(C)C)C1. The van der Waals surface area contributed by atoms with Crippen LogP contribution in [-0.4, -0.2) is 77.5 Å². The lowest BCUT2D eigenvalue weighted by atomic mass is 9.94. The van der Waals surface area contributed by atoms with Gasteiger partial charge in [-0.15, -0.1) is 0 Å². The maximum absolute atomic E-state index is 14.5. The monoisotopic (exact) mass is 437 g/mol. The van der Waals surface area contributed by atoms with Gasteiger partial charge in [-0.3, -0.25) is 9.69 Å². The highest BCUT2D eigenvalue weighted by atomic mass is 19.1. The third-order valence-electron chi connectivity index (χ3n) is 6.63. The molecule has 0 saturated carbocycles. The van der Waals surface area contributed by atoms with E-state index in [2.05, 4.69) is 41.1 Å². The summed E-state index contributed by atoms with van der Waals surface area (Å²) in [7, 11) is 7.74. The van der Waals surface area contributed by atoms with Gasteiger partial charge in [-0.05, 0) is 50.3 Å². The Balaban J connectivity index is 1.68. The number of aryl methyl sites for hydroxylation is 1. The van der Waals surface area contributed by atoms with Gasteiger partial charge in [0.2, 0.25) is 5.91 Å². The fourth-order valence-corrected chi connectivity index (χ4v) is 4.77. The van der Waals surface area contributed by atoms with E-state index < -0.39 is 0 Å². The second-order valence-corrected chi connectivity index (χ2v) is 9.24. The highest BCUT2D eigenvalue weighted by Crippen LogP contribution is 2.36. The highest BCUT2D eigenvalue weighted by Gasteiger charge is 2.37. The van der Waals surface area contributed by atoms with Gasteiger partial charge in [0.15, 0.2) is 0 Å². The van der Waals surface area contributed by atoms with Crippen molar-refractivity contribution in [1.82, 2.24) is 24.3 Å². The van der Waals surface area contributed by atoms with Crippen molar-refractivity contribution in [1.29, 1.82) is 0 Å². The summed E-state index contributed by atoms with van der Waals surface area (Å²) < 4.78 is 16.5. The minimum Gasteiger partial charge on any atom is -0.347 e. The zero-order valence-corrected chi connectivity index (χ0v) is 19.5. The molecular formula is C25H32FN5O. The lowest BCUT2D eigenvalue weighted by molar-refractivity contribution is -0.129. The normalized spacial score (nSPS) is 19.2. The summed E-state index contributed by atoms with van der Waals surface area (Å²) in [6.45, 7) is 4.51. The lowest BCUT2D eigenvalue weighted by Crippen LogP contribution is -2.34. The third-order valence-corrected chi connectivity index (χ3v) is 6.63. The van der Waals surface area contributed by atoms with E-state index in [1.807, 2.05) is 23.6 Å². The van der Waals surface area contributed by atoms with Gasteiger partial charge in [0.05, 0.1) is 0 Å². The number of rotatable bonds is 6. The number of aromatic nitrogens is 2. The fraction of sp³-hybridized carbons (Fsp3) is 0.440. The van der Waals surface area contributed by atoms with E-state index in [4.69, 9.17) is 0 Å². The van der Waals surface area contributed by atoms with E-state index in [0.717, 1.165) is 35.2 Å². The number of carbonyl (C=O) groups is 1. The maximum Gasteiger partial charge on any atom is 0.242 e. The van der Waals surface area contributed by atoms with Crippen molar-refractivity contribution >= 4 is 16.9 Å². The predicted octanol–water partition coefficient (Wildman–Crippen LogP) is 3.10. The number of likely N-dealkylation sites (tertiary alicyclic amines) is 1. The Morgan fingerprint density at radius 3 is 2.62 bits per heavy atom. The van der Waals surface area contributed by atoms with Crippen molar-refractivity contribution < 1.29 is 9.18 Å². The molecule has 7 heteroatoms. The van der Waals surface area contributed by atoms with Crippen LogP contribution in [0.15, 0.2) is 42.7 Å². The molecule has 3 heterocycles. The zero-order valence-electron chi connectivity index (χ0n) is 19.5. The Bertz CT molecular complexity index is 1100. The first-order chi connectivity index (χ1) is 15.3. The average molecular weight is 438 g/mol. The Labute approximate surface area is 189 Å². The fourth-order valence-electron chi connectivity index (χ4n) is 4.77. The number of hydrogen-bond donors (Lipinski definition) is 0. The van der Waals surface area contributed by atoms with E-state index in [9.17, 15) is 9.18 Å². The van der Waals surface area contributed by atoms with E-state index >= 15 is 0 Å².